The molecule has 0 atom stereocenters. The summed E-state index contributed by atoms with van der Waals surface area (Å²) >= 11 is 2.19. The van der Waals surface area contributed by atoms with Crippen molar-refractivity contribution in [1.29, 1.82) is 0 Å². The Hall–Kier alpha value is -2.62. The van der Waals surface area contributed by atoms with Crippen LogP contribution in [0.4, 0.5) is 5.69 Å². The number of phenolic OH excluding ortho intramolecular Hbond substituents is 1. The van der Waals surface area contributed by atoms with E-state index in [1.165, 1.54) is 19.4 Å². The zero-order valence-corrected chi connectivity index (χ0v) is 16.9. The predicted molar refractivity (Wildman–Crippen MR) is 112 cm³/mol. The topological polar surface area (TPSA) is 100 Å². The third kappa shape index (κ3) is 7.26. The summed E-state index contributed by atoms with van der Waals surface area (Å²) in [5, 5.41) is 16.3. The fourth-order valence-electron chi connectivity index (χ4n) is 2.16. The summed E-state index contributed by atoms with van der Waals surface area (Å²) < 4.78 is 6.15. The number of benzene rings is 2. The standard InChI is InChI=1S/C19H20IN3O4/c1-27-16-9-10-17(24)13(11-16)12-21-23-19(26)4-2-3-18(25)22-15-7-5-14(20)6-8-15/h5-12,24H,2-4H2,1H3,(H,22,25)(H,23,26)/b21-12+. The third-order valence-electron chi connectivity index (χ3n) is 3.56. The quantitative estimate of drug-likeness (QED) is 0.306. The van der Waals surface area contributed by atoms with Crippen molar-refractivity contribution >= 4 is 46.3 Å². The number of phenols is 1. The molecular weight excluding hydrogens is 461 g/mol. The molecule has 27 heavy (non-hydrogen) atoms. The Morgan fingerprint density at radius 1 is 1.15 bits per heavy atom. The maximum atomic E-state index is 11.9. The molecule has 0 aliphatic heterocycles. The van der Waals surface area contributed by atoms with Gasteiger partial charge in [-0.25, -0.2) is 5.43 Å². The van der Waals surface area contributed by atoms with Crippen LogP contribution in [-0.2, 0) is 9.59 Å². The van der Waals surface area contributed by atoms with Crippen LogP contribution in [-0.4, -0.2) is 30.2 Å². The van der Waals surface area contributed by atoms with Gasteiger partial charge in [0.15, 0.2) is 0 Å². The molecule has 0 radical (unpaired) electrons. The minimum absolute atomic E-state index is 0.0288. The fraction of sp³-hybridized carbons (Fsp3) is 0.211. The minimum atomic E-state index is -0.310. The van der Waals surface area contributed by atoms with Gasteiger partial charge in [-0.2, -0.15) is 5.10 Å². The SMILES string of the molecule is COc1ccc(O)c(/C=N/NC(=O)CCCC(=O)Nc2ccc(I)cc2)c1. The normalized spacial score (nSPS) is 10.6. The molecule has 0 bridgehead atoms. The highest BCUT2D eigenvalue weighted by Gasteiger charge is 2.06. The molecule has 2 rings (SSSR count). The van der Waals surface area contributed by atoms with E-state index in [-0.39, 0.29) is 30.4 Å². The number of carbonyl (C=O) groups excluding carboxylic acids is 2. The fourth-order valence-corrected chi connectivity index (χ4v) is 2.52. The number of hydrogen-bond donors (Lipinski definition) is 3. The number of ether oxygens (including phenoxy) is 1. The Bertz CT molecular complexity index is 822. The summed E-state index contributed by atoms with van der Waals surface area (Å²) in [6.07, 6.45) is 2.14. The molecule has 0 saturated heterocycles. The summed E-state index contributed by atoms with van der Waals surface area (Å²) in [6.45, 7) is 0. The smallest absolute Gasteiger partial charge is 0.240 e. The number of nitrogens with zero attached hydrogens (tertiary/aromatic N) is 1. The number of halogens is 1. The lowest BCUT2D eigenvalue weighted by molar-refractivity contribution is -0.121. The van der Waals surface area contributed by atoms with E-state index in [0.29, 0.717) is 17.7 Å². The van der Waals surface area contributed by atoms with E-state index < -0.39 is 0 Å². The van der Waals surface area contributed by atoms with Crippen LogP contribution in [0.3, 0.4) is 0 Å². The Morgan fingerprint density at radius 2 is 1.85 bits per heavy atom. The first-order chi connectivity index (χ1) is 13.0. The predicted octanol–water partition coefficient (Wildman–Crippen LogP) is 3.26. The zero-order chi connectivity index (χ0) is 19.6. The highest BCUT2D eigenvalue weighted by atomic mass is 127. The molecule has 3 N–H and O–H groups in total. The van der Waals surface area contributed by atoms with Gasteiger partial charge in [0, 0.05) is 27.7 Å². The van der Waals surface area contributed by atoms with E-state index in [9.17, 15) is 14.7 Å². The first-order valence-corrected chi connectivity index (χ1v) is 9.30. The van der Waals surface area contributed by atoms with Crippen molar-refractivity contribution in [2.45, 2.75) is 19.3 Å². The molecule has 0 saturated carbocycles. The number of anilines is 1. The first kappa shape index (κ1) is 20.7. The molecule has 0 fully saturated rings. The molecule has 2 aromatic carbocycles. The summed E-state index contributed by atoms with van der Waals surface area (Å²) in [5.74, 6) is 0.144. The van der Waals surface area contributed by atoms with Crippen LogP contribution in [0.2, 0.25) is 0 Å². The largest absolute Gasteiger partial charge is 0.507 e. The number of nitrogens with one attached hydrogen (secondary N) is 2. The van der Waals surface area contributed by atoms with Crippen molar-refractivity contribution in [2.75, 3.05) is 12.4 Å². The number of aromatic hydroxyl groups is 1. The number of hydrazone groups is 1. The van der Waals surface area contributed by atoms with Gasteiger partial charge in [0.05, 0.1) is 13.3 Å². The van der Waals surface area contributed by atoms with Crippen LogP contribution in [0.5, 0.6) is 11.5 Å². The van der Waals surface area contributed by atoms with Crippen molar-refractivity contribution in [3.63, 3.8) is 0 Å². The highest BCUT2D eigenvalue weighted by Crippen LogP contribution is 2.20. The lowest BCUT2D eigenvalue weighted by Gasteiger charge is -2.05. The Labute approximate surface area is 171 Å². The van der Waals surface area contributed by atoms with E-state index in [1.807, 2.05) is 24.3 Å². The maximum Gasteiger partial charge on any atom is 0.240 e. The molecule has 2 aromatic rings. The van der Waals surface area contributed by atoms with Gasteiger partial charge in [-0.1, -0.05) is 0 Å². The molecule has 2 amide bonds. The second-order valence-corrected chi connectivity index (χ2v) is 6.87. The molecule has 142 valence electrons. The van der Waals surface area contributed by atoms with Gasteiger partial charge in [-0.3, -0.25) is 9.59 Å². The lowest BCUT2D eigenvalue weighted by atomic mass is 10.2. The average molecular weight is 481 g/mol. The van der Waals surface area contributed by atoms with E-state index >= 15 is 0 Å². The van der Waals surface area contributed by atoms with Crippen molar-refractivity contribution in [3.05, 3.63) is 51.6 Å². The van der Waals surface area contributed by atoms with Crippen molar-refractivity contribution in [2.24, 2.45) is 5.10 Å². The number of carbonyl (C=O) groups is 2. The number of hydrogen-bond acceptors (Lipinski definition) is 5. The summed E-state index contributed by atoms with van der Waals surface area (Å²) in [4.78, 5) is 23.6. The lowest BCUT2D eigenvalue weighted by Crippen LogP contribution is -2.18. The van der Waals surface area contributed by atoms with E-state index in [2.05, 4.69) is 38.4 Å². The summed E-state index contributed by atoms with van der Waals surface area (Å²) in [5.41, 5.74) is 3.52. The second kappa shape index (κ2) is 10.5. The molecule has 7 nitrogen and oxygen atoms in total. The molecular formula is C19H20IN3O4. The van der Waals surface area contributed by atoms with Gasteiger partial charge in [0.2, 0.25) is 11.8 Å². The van der Waals surface area contributed by atoms with Crippen molar-refractivity contribution < 1.29 is 19.4 Å². The molecule has 0 heterocycles. The van der Waals surface area contributed by atoms with Gasteiger partial charge in [0.1, 0.15) is 11.5 Å². The Morgan fingerprint density at radius 3 is 2.56 bits per heavy atom. The number of amides is 2. The monoisotopic (exact) mass is 481 g/mol. The van der Waals surface area contributed by atoms with Crippen LogP contribution in [0.15, 0.2) is 47.6 Å². The molecule has 0 aliphatic carbocycles. The van der Waals surface area contributed by atoms with Gasteiger partial charge < -0.3 is 15.2 Å². The minimum Gasteiger partial charge on any atom is -0.507 e. The average Bonchev–Trinajstić information content (AvgIpc) is 2.65. The van der Waals surface area contributed by atoms with Crippen molar-refractivity contribution in [1.82, 2.24) is 5.43 Å². The molecule has 0 aliphatic rings. The molecule has 0 unspecified atom stereocenters. The Balaban J connectivity index is 1.71. The Kier molecular flexibility index (Phi) is 8.05. The van der Waals surface area contributed by atoms with E-state index in [0.717, 1.165) is 9.26 Å². The van der Waals surface area contributed by atoms with Crippen LogP contribution in [0, 0.1) is 3.57 Å². The maximum absolute atomic E-state index is 11.9. The van der Waals surface area contributed by atoms with Crippen LogP contribution in [0.25, 0.3) is 0 Å². The van der Waals surface area contributed by atoms with E-state index in [1.54, 1.807) is 12.1 Å². The first-order valence-electron chi connectivity index (χ1n) is 8.22. The van der Waals surface area contributed by atoms with Gasteiger partial charge >= 0.3 is 0 Å². The van der Waals surface area contributed by atoms with Crippen molar-refractivity contribution in [3.8, 4) is 11.5 Å². The van der Waals surface area contributed by atoms with Gasteiger partial charge in [-0.05, 0) is 71.5 Å². The number of rotatable bonds is 8. The highest BCUT2D eigenvalue weighted by molar-refractivity contribution is 14.1. The third-order valence-corrected chi connectivity index (χ3v) is 4.28. The van der Waals surface area contributed by atoms with E-state index in [4.69, 9.17) is 4.74 Å². The molecule has 0 aromatic heterocycles. The zero-order valence-electron chi connectivity index (χ0n) is 14.7. The van der Waals surface area contributed by atoms with Crippen LogP contribution >= 0.6 is 22.6 Å². The van der Waals surface area contributed by atoms with Gasteiger partial charge in [-0.15, -0.1) is 0 Å². The van der Waals surface area contributed by atoms with Gasteiger partial charge in [0.25, 0.3) is 0 Å². The second-order valence-electron chi connectivity index (χ2n) is 5.63. The van der Waals surface area contributed by atoms with Crippen LogP contribution in [0.1, 0.15) is 24.8 Å². The number of methoxy groups -OCH3 is 1. The molecule has 0 spiro atoms. The molecule has 8 heteroatoms. The summed E-state index contributed by atoms with van der Waals surface area (Å²) in [7, 11) is 1.52. The van der Waals surface area contributed by atoms with Crippen LogP contribution < -0.4 is 15.5 Å². The summed E-state index contributed by atoms with van der Waals surface area (Å²) in [6, 6.07) is 12.2.